The Morgan fingerprint density at radius 1 is 1.13 bits per heavy atom. The Bertz CT molecular complexity index is 291. The van der Waals surface area contributed by atoms with Gasteiger partial charge in [0.15, 0.2) is 0 Å². The van der Waals surface area contributed by atoms with Crippen molar-refractivity contribution in [1.82, 2.24) is 10.0 Å². The standard InChI is InChI=1S/C10H20N2O2S/c13-15(14,10-5-1-2-6-10)12-8-9-4-3-7-11-9/h9-12H,1-8H2. The maximum atomic E-state index is 11.9. The summed E-state index contributed by atoms with van der Waals surface area (Å²) in [6.07, 6.45) is 6.06. The maximum Gasteiger partial charge on any atom is 0.214 e. The summed E-state index contributed by atoms with van der Waals surface area (Å²) in [6.45, 7) is 1.59. The molecule has 15 heavy (non-hydrogen) atoms. The smallest absolute Gasteiger partial charge is 0.214 e. The molecule has 1 aliphatic heterocycles. The largest absolute Gasteiger partial charge is 0.313 e. The molecular weight excluding hydrogens is 212 g/mol. The molecule has 0 bridgehead atoms. The van der Waals surface area contributed by atoms with Crippen LogP contribution in [0.2, 0.25) is 0 Å². The van der Waals surface area contributed by atoms with Gasteiger partial charge in [-0.15, -0.1) is 0 Å². The lowest BCUT2D eigenvalue weighted by Gasteiger charge is -2.15. The minimum Gasteiger partial charge on any atom is -0.313 e. The number of hydrogen-bond donors (Lipinski definition) is 2. The summed E-state index contributed by atoms with van der Waals surface area (Å²) >= 11 is 0. The van der Waals surface area contributed by atoms with Crippen LogP contribution >= 0.6 is 0 Å². The highest BCUT2D eigenvalue weighted by Gasteiger charge is 2.29. The van der Waals surface area contributed by atoms with Crippen LogP contribution in [0.1, 0.15) is 38.5 Å². The van der Waals surface area contributed by atoms with Gasteiger partial charge >= 0.3 is 0 Å². The molecule has 1 unspecified atom stereocenters. The molecule has 4 nitrogen and oxygen atoms in total. The van der Waals surface area contributed by atoms with Crippen molar-refractivity contribution in [2.24, 2.45) is 0 Å². The second-order valence-electron chi connectivity index (χ2n) is 4.59. The van der Waals surface area contributed by atoms with Gasteiger partial charge in [0.2, 0.25) is 10.0 Å². The van der Waals surface area contributed by atoms with Crippen molar-refractivity contribution in [3.8, 4) is 0 Å². The monoisotopic (exact) mass is 232 g/mol. The topological polar surface area (TPSA) is 58.2 Å². The summed E-state index contributed by atoms with van der Waals surface area (Å²) in [5.41, 5.74) is 0. The molecule has 0 aromatic carbocycles. The van der Waals surface area contributed by atoms with Crippen LogP contribution < -0.4 is 10.0 Å². The Kier molecular flexibility index (Phi) is 3.64. The van der Waals surface area contributed by atoms with Gasteiger partial charge in [0.1, 0.15) is 0 Å². The molecule has 0 radical (unpaired) electrons. The molecule has 1 aliphatic carbocycles. The molecule has 2 fully saturated rings. The SMILES string of the molecule is O=S(=O)(NCC1CCCN1)C1CCCC1. The number of rotatable bonds is 4. The highest BCUT2D eigenvalue weighted by atomic mass is 32.2. The summed E-state index contributed by atoms with van der Waals surface area (Å²) < 4.78 is 26.5. The van der Waals surface area contributed by atoms with Crippen LogP contribution in [0, 0.1) is 0 Å². The normalized spacial score (nSPS) is 28.7. The fourth-order valence-corrected chi connectivity index (χ4v) is 4.09. The lowest BCUT2D eigenvalue weighted by Crippen LogP contribution is -2.40. The average Bonchev–Trinajstić information content (AvgIpc) is 2.88. The molecular formula is C10H20N2O2S. The Morgan fingerprint density at radius 3 is 2.47 bits per heavy atom. The van der Waals surface area contributed by atoms with Gasteiger partial charge in [-0.25, -0.2) is 13.1 Å². The summed E-state index contributed by atoms with van der Waals surface area (Å²) in [5, 5.41) is 3.17. The van der Waals surface area contributed by atoms with Gasteiger partial charge in [-0.3, -0.25) is 0 Å². The summed E-state index contributed by atoms with van der Waals surface area (Å²) in [4.78, 5) is 0. The van der Waals surface area contributed by atoms with Crippen LogP contribution in [0.15, 0.2) is 0 Å². The fourth-order valence-electron chi connectivity index (χ4n) is 2.46. The van der Waals surface area contributed by atoms with Crippen molar-refractivity contribution in [2.75, 3.05) is 13.1 Å². The van der Waals surface area contributed by atoms with Crippen molar-refractivity contribution in [1.29, 1.82) is 0 Å². The zero-order valence-corrected chi connectivity index (χ0v) is 9.85. The van der Waals surface area contributed by atoms with Gasteiger partial charge < -0.3 is 5.32 Å². The lowest BCUT2D eigenvalue weighted by molar-refractivity contribution is 0.540. The van der Waals surface area contributed by atoms with E-state index in [9.17, 15) is 8.42 Å². The quantitative estimate of drug-likeness (QED) is 0.746. The van der Waals surface area contributed by atoms with Crippen molar-refractivity contribution >= 4 is 10.0 Å². The molecule has 0 amide bonds. The van der Waals surface area contributed by atoms with Gasteiger partial charge in [0.25, 0.3) is 0 Å². The molecule has 5 heteroatoms. The van der Waals surface area contributed by atoms with Gasteiger partial charge in [-0.05, 0) is 32.2 Å². The average molecular weight is 232 g/mol. The number of hydrogen-bond acceptors (Lipinski definition) is 3. The first-order chi connectivity index (χ1) is 7.18. The van der Waals surface area contributed by atoms with Crippen molar-refractivity contribution in [3.63, 3.8) is 0 Å². The predicted molar refractivity (Wildman–Crippen MR) is 60.2 cm³/mol. The highest BCUT2D eigenvalue weighted by molar-refractivity contribution is 7.90. The van der Waals surface area contributed by atoms with Crippen LogP contribution in [-0.2, 0) is 10.0 Å². The van der Waals surface area contributed by atoms with Crippen molar-refractivity contribution in [3.05, 3.63) is 0 Å². The first-order valence-corrected chi connectivity index (χ1v) is 7.45. The van der Waals surface area contributed by atoms with Gasteiger partial charge in [0.05, 0.1) is 5.25 Å². The zero-order chi connectivity index (χ0) is 10.7. The van der Waals surface area contributed by atoms with E-state index in [0.717, 1.165) is 45.1 Å². The first kappa shape index (κ1) is 11.4. The van der Waals surface area contributed by atoms with Gasteiger partial charge in [-0.1, -0.05) is 12.8 Å². The molecule has 1 atom stereocenters. The summed E-state index contributed by atoms with van der Waals surface area (Å²) in [7, 11) is -3.04. The van der Waals surface area contributed by atoms with E-state index in [1.54, 1.807) is 0 Å². The van der Waals surface area contributed by atoms with Crippen LogP contribution in [0.3, 0.4) is 0 Å². The Labute approximate surface area is 91.9 Å². The van der Waals surface area contributed by atoms with E-state index in [0.29, 0.717) is 12.6 Å². The molecule has 1 saturated carbocycles. The second-order valence-corrected chi connectivity index (χ2v) is 6.64. The third kappa shape index (κ3) is 2.92. The maximum absolute atomic E-state index is 11.9. The molecule has 2 aliphatic rings. The molecule has 1 saturated heterocycles. The number of nitrogens with one attached hydrogen (secondary N) is 2. The molecule has 0 aromatic heterocycles. The minimum absolute atomic E-state index is 0.126. The third-order valence-electron chi connectivity index (χ3n) is 3.43. The van der Waals surface area contributed by atoms with E-state index in [4.69, 9.17) is 0 Å². The van der Waals surface area contributed by atoms with Crippen LogP contribution in [-0.4, -0.2) is 32.8 Å². The Balaban J connectivity index is 1.81. The zero-order valence-electron chi connectivity index (χ0n) is 9.04. The third-order valence-corrected chi connectivity index (χ3v) is 5.35. The minimum atomic E-state index is -3.04. The van der Waals surface area contributed by atoms with E-state index >= 15 is 0 Å². The number of sulfonamides is 1. The Morgan fingerprint density at radius 2 is 1.87 bits per heavy atom. The van der Waals surface area contributed by atoms with E-state index in [2.05, 4.69) is 10.0 Å². The lowest BCUT2D eigenvalue weighted by atomic mass is 10.2. The van der Waals surface area contributed by atoms with Crippen molar-refractivity contribution in [2.45, 2.75) is 49.8 Å². The van der Waals surface area contributed by atoms with Crippen molar-refractivity contribution < 1.29 is 8.42 Å². The van der Waals surface area contributed by atoms with E-state index < -0.39 is 10.0 Å². The van der Waals surface area contributed by atoms with Crippen LogP contribution in [0.5, 0.6) is 0 Å². The second kappa shape index (κ2) is 4.80. The predicted octanol–water partition coefficient (Wildman–Crippen LogP) is 0.600. The molecule has 0 spiro atoms. The molecule has 88 valence electrons. The van der Waals surface area contributed by atoms with Gasteiger partial charge in [-0.2, -0.15) is 0 Å². The summed E-state index contributed by atoms with van der Waals surface area (Å²) in [5.74, 6) is 0. The van der Waals surface area contributed by atoms with E-state index in [1.165, 1.54) is 0 Å². The Hall–Kier alpha value is -0.130. The molecule has 2 rings (SSSR count). The summed E-state index contributed by atoms with van der Waals surface area (Å²) in [6, 6.07) is 0.348. The first-order valence-electron chi connectivity index (χ1n) is 5.90. The van der Waals surface area contributed by atoms with Crippen LogP contribution in [0.25, 0.3) is 0 Å². The highest BCUT2D eigenvalue weighted by Crippen LogP contribution is 2.23. The molecule has 0 aromatic rings. The molecule has 2 N–H and O–H groups in total. The van der Waals surface area contributed by atoms with Crippen LogP contribution in [0.4, 0.5) is 0 Å². The fraction of sp³-hybridized carbons (Fsp3) is 1.00. The molecule has 1 heterocycles. The van der Waals surface area contributed by atoms with Gasteiger partial charge in [0, 0.05) is 12.6 Å². The van der Waals surface area contributed by atoms with E-state index in [1.807, 2.05) is 0 Å². The van der Waals surface area contributed by atoms with E-state index in [-0.39, 0.29) is 5.25 Å².